The molecule has 122 valence electrons. The second-order valence-electron chi connectivity index (χ2n) is 4.99. The highest BCUT2D eigenvalue weighted by atomic mass is 79.9. The molecule has 0 aliphatic heterocycles. The maximum absolute atomic E-state index is 11.6. The Morgan fingerprint density at radius 3 is 2.82 bits per heavy atom. The van der Waals surface area contributed by atoms with Crippen molar-refractivity contribution >= 4 is 39.2 Å². The molecule has 0 heterocycles. The predicted molar refractivity (Wildman–Crippen MR) is 93.8 cm³/mol. The average molecular weight is 390 g/mol. The number of carbonyl (C=O) groups excluding carboxylic acids is 1. The van der Waals surface area contributed by atoms with Gasteiger partial charge in [-0.15, -0.1) is 0 Å². The van der Waals surface area contributed by atoms with Crippen LogP contribution in [0.1, 0.15) is 6.42 Å². The van der Waals surface area contributed by atoms with Crippen LogP contribution in [0.3, 0.4) is 0 Å². The van der Waals surface area contributed by atoms with Gasteiger partial charge >= 0.3 is 0 Å². The van der Waals surface area contributed by atoms with E-state index in [4.69, 9.17) is 17.0 Å². The van der Waals surface area contributed by atoms with Crippen molar-refractivity contribution in [3.63, 3.8) is 0 Å². The number of benzene rings is 1. The molecule has 0 saturated heterocycles. The monoisotopic (exact) mass is 389 g/mol. The van der Waals surface area contributed by atoms with Crippen LogP contribution in [0, 0.1) is 0 Å². The number of hydrogen-bond donors (Lipinski definition) is 4. The van der Waals surface area contributed by atoms with Gasteiger partial charge in [0.05, 0.1) is 20.6 Å². The first-order chi connectivity index (χ1) is 10.5. The molecule has 1 aromatic carbocycles. The van der Waals surface area contributed by atoms with E-state index < -0.39 is 0 Å². The molecule has 1 rings (SSSR count). The Hall–Kier alpha value is -1.38. The first-order valence-corrected chi connectivity index (χ1v) is 8.17. The molecule has 6 nitrogen and oxygen atoms in total. The Bertz CT molecular complexity index is 499. The molecular formula is C14H22BrN4O2S+. The number of hydrazine groups is 1. The van der Waals surface area contributed by atoms with Crippen molar-refractivity contribution in [3.8, 4) is 5.75 Å². The number of carbonyl (C=O) groups is 1. The number of hydrogen-bond acceptors (Lipinski definition) is 3. The Morgan fingerprint density at radius 1 is 1.36 bits per heavy atom. The minimum absolute atomic E-state index is 0.0872. The second kappa shape index (κ2) is 10.4. The number of quaternary nitrogens is 1. The summed E-state index contributed by atoms with van der Waals surface area (Å²) in [7, 11) is 4.20. The van der Waals surface area contributed by atoms with Crippen LogP contribution in [0.15, 0.2) is 28.7 Å². The van der Waals surface area contributed by atoms with E-state index in [2.05, 4.69) is 46.2 Å². The minimum atomic E-state index is -0.304. The normalized spacial score (nSPS) is 10.2. The number of halogens is 1. The number of ether oxygens (including phenoxy) is 1. The number of amides is 1. The highest BCUT2D eigenvalue weighted by Crippen LogP contribution is 2.17. The number of thiocarbonyl (C=S) groups is 1. The van der Waals surface area contributed by atoms with E-state index >= 15 is 0 Å². The third-order valence-electron chi connectivity index (χ3n) is 2.62. The standard InChI is InChI=1S/C14H21BrN4O2S/c1-19(2)8-4-7-16-14(22)18-17-13(20)10-21-12-6-3-5-11(15)9-12/h3,5-6,9H,4,7-8,10H2,1-2H3,(H,17,20)(H2,16,18,22)/p+1. The highest BCUT2D eigenvalue weighted by Gasteiger charge is 2.04. The van der Waals surface area contributed by atoms with Gasteiger partial charge in [0.25, 0.3) is 5.91 Å². The molecule has 1 amide bonds. The maximum Gasteiger partial charge on any atom is 0.276 e. The number of nitrogens with one attached hydrogen (secondary N) is 4. The molecule has 0 radical (unpaired) electrons. The SMILES string of the molecule is C[NH+](C)CCCNC(=S)NNC(=O)COc1cccc(Br)c1. The van der Waals surface area contributed by atoms with Gasteiger partial charge in [-0.25, -0.2) is 0 Å². The predicted octanol–water partition coefficient (Wildman–Crippen LogP) is -0.142. The van der Waals surface area contributed by atoms with Gasteiger partial charge in [0.2, 0.25) is 0 Å². The number of rotatable bonds is 7. The molecule has 1 aromatic rings. The molecular weight excluding hydrogens is 368 g/mol. The average Bonchev–Trinajstić information content (AvgIpc) is 2.47. The van der Waals surface area contributed by atoms with Gasteiger partial charge in [-0.1, -0.05) is 22.0 Å². The van der Waals surface area contributed by atoms with E-state index in [0.29, 0.717) is 10.9 Å². The van der Waals surface area contributed by atoms with Gasteiger partial charge in [-0.3, -0.25) is 15.6 Å². The first kappa shape index (κ1) is 18.7. The fourth-order valence-electron chi connectivity index (χ4n) is 1.56. The lowest BCUT2D eigenvalue weighted by molar-refractivity contribution is -0.858. The molecule has 22 heavy (non-hydrogen) atoms. The quantitative estimate of drug-likeness (QED) is 0.297. The van der Waals surface area contributed by atoms with Crippen molar-refractivity contribution in [3.05, 3.63) is 28.7 Å². The molecule has 0 unspecified atom stereocenters. The van der Waals surface area contributed by atoms with Crippen molar-refractivity contribution in [2.75, 3.05) is 33.8 Å². The van der Waals surface area contributed by atoms with E-state index in [1.54, 1.807) is 12.1 Å². The van der Waals surface area contributed by atoms with Crippen LogP contribution in [0.25, 0.3) is 0 Å². The molecule has 0 aliphatic carbocycles. The molecule has 4 N–H and O–H groups in total. The molecule has 0 saturated carbocycles. The molecule has 0 aromatic heterocycles. The summed E-state index contributed by atoms with van der Waals surface area (Å²) in [6.07, 6.45) is 1.00. The van der Waals surface area contributed by atoms with E-state index in [9.17, 15) is 4.79 Å². The summed E-state index contributed by atoms with van der Waals surface area (Å²) in [5.41, 5.74) is 5.13. The van der Waals surface area contributed by atoms with Crippen molar-refractivity contribution in [2.45, 2.75) is 6.42 Å². The Kier molecular flexibility index (Phi) is 8.79. The summed E-state index contributed by atoms with van der Waals surface area (Å²) in [4.78, 5) is 13.0. The molecule has 0 fully saturated rings. The van der Waals surface area contributed by atoms with Gasteiger partial charge < -0.3 is 15.0 Å². The minimum Gasteiger partial charge on any atom is -0.484 e. The van der Waals surface area contributed by atoms with E-state index in [-0.39, 0.29) is 12.5 Å². The smallest absolute Gasteiger partial charge is 0.276 e. The van der Waals surface area contributed by atoms with E-state index in [1.807, 2.05) is 12.1 Å². The van der Waals surface area contributed by atoms with E-state index in [0.717, 1.165) is 24.0 Å². The Morgan fingerprint density at radius 2 is 2.14 bits per heavy atom. The van der Waals surface area contributed by atoms with Crippen LogP contribution in [0.5, 0.6) is 5.75 Å². The van der Waals surface area contributed by atoms with Gasteiger partial charge in [0.1, 0.15) is 5.75 Å². The van der Waals surface area contributed by atoms with Crippen molar-refractivity contribution in [1.82, 2.24) is 16.2 Å². The second-order valence-corrected chi connectivity index (χ2v) is 6.31. The van der Waals surface area contributed by atoms with Crippen LogP contribution >= 0.6 is 28.1 Å². The first-order valence-electron chi connectivity index (χ1n) is 6.97. The van der Waals surface area contributed by atoms with Gasteiger partial charge in [-0.05, 0) is 30.4 Å². The third kappa shape index (κ3) is 8.81. The fraction of sp³-hybridized carbons (Fsp3) is 0.429. The Balaban J connectivity index is 2.13. The summed E-state index contributed by atoms with van der Waals surface area (Å²) in [5.74, 6) is 0.318. The third-order valence-corrected chi connectivity index (χ3v) is 3.36. The van der Waals surface area contributed by atoms with Crippen molar-refractivity contribution in [1.29, 1.82) is 0 Å². The molecule has 0 bridgehead atoms. The lowest BCUT2D eigenvalue weighted by Crippen LogP contribution is -3.05. The molecule has 0 spiro atoms. The van der Waals surface area contributed by atoms with Gasteiger partial charge in [-0.2, -0.15) is 0 Å². The van der Waals surface area contributed by atoms with Crippen LogP contribution < -0.4 is 25.8 Å². The van der Waals surface area contributed by atoms with Gasteiger partial charge in [0.15, 0.2) is 11.7 Å². The zero-order valence-corrected chi connectivity index (χ0v) is 15.1. The molecule has 0 aliphatic rings. The fourth-order valence-corrected chi connectivity index (χ4v) is 2.09. The summed E-state index contributed by atoms with van der Waals surface area (Å²) >= 11 is 8.39. The topological polar surface area (TPSA) is 66.8 Å². The van der Waals surface area contributed by atoms with Crippen LogP contribution in [-0.4, -0.2) is 44.8 Å². The largest absolute Gasteiger partial charge is 0.484 e. The zero-order valence-electron chi connectivity index (χ0n) is 12.7. The van der Waals surface area contributed by atoms with Crippen molar-refractivity contribution < 1.29 is 14.4 Å². The van der Waals surface area contributed by atoms with Crippen LogP contribution in [0.4, 0.5) is 0 Å². The van der Waals surface area contributed by atoms with E-state index in [1.165, 1.54) is 4.90 Å². The van der Waals surface area contributed by atoms with Gasteiger partial charge in [0, 0.05) is 17.4 Å². The Labute approximate surface area is 144 Å². The van der Waals surface area contributed by atoms with Crippen molar-refractivity contribution in [2.24, 2.45) is 0 Å². The molecule has 8 heteroatoms. The lowest BCUT2D eigenvalue weighted by Gasteiger charge is -2.12. The summed E-state index contributed by atoms with van der Waals surface area (Å²) < 4.78 is 6.25. The lowest BCUT2D eigenvalue weighted by atomic mass is 10.3. The summed E-state index contributed by atoms with van der Waals surface area (Å²) in [5, 5.41) is 3.41. The van der Waals surface area contributed by atoms with Crippen LogP contribution in [0.2, 0.25) is 0 Å². The highest BCUT2D eigenvalue weighted by molar-refractivity contribution is 9.10. The summed E-state index contributed by atoms with van der Waals surface area (Å²) in [6, 6.07) is 7.30. The van der Waals surface area contributed by atoms with Crippen LogP contribution in [-0.2, 0) is 4.79 Å². The molecule has 0 atom stereocenters. The zero-order chi connectivity index (χ0) is 16.4. The maximum atomic E-state index is 11.6. The summed E-state index contributed by atoms with van der Waals surface area (Å²) in [6.45, 7) is 1.74.